The van der Waals surface area contributed by atoms with Crippen molar-refractivity contribution in [1.82, 2.24) is 0 Å². The molecule has 2 bridgehead atoms. The summed E-state index contributed by atoms with van der Waals surface area (Å²) in [7, 11) is 0. The predicted molar refractivity (Wildman–Crippen MR) is 131 cm³/mol. The minimum Gasteiger partial charge on any atom is -0.433 e. The SMILES string of the molecule is C/C=C/CCC(=O)O[C@@H]1CO[C@@H](c2ccc(C34CCC(CCCCC)(CC3)CC4)cc2)CO1. The van der Waals surface area contributed by atoms with Gasteiger partial charge in [0.25, 0.3) is 0 Å². The molecule has 3 aliphatic carbocycles. The van der Waals surface area contributed by atoms with E-state index in [1.54, 1.807) is 0 Å². The second kappa shape index (κ2) is 11.2. The monoisotopic (exact) mass is 454 g/mol. The molecule has 4 fully saturated rings. The Morgan fingerprint density at radius 1 is 1.03 bits per heavy atom. The second-order valence-corrected chi connectivity index (χ2v) is 10.5. The van der Waals surface area contributed by atoms with Crippen molar-refractivity contribution in [2.45, 2.75) is 109 Å². The van der Waals surface area contributed by atoms with E-state index in [0.29, 0.717) is 30.3 Å². The van der Waals surface area contributed by atoms with E-state index in [4.69, 9.17) is 14.2 Å². The molecule has 0 aromatic heterocycles. The number of fused-ring (bicyclic) bond motifs is 3. The van der Waals surface area contributed by atoms with Gasteiger partial charge >= 0.3 is 5.97 Å². The van der Waals surface area contributed by atoms with Crippen LogP contribution in [0, 0.1) is 5.41 Å². The first-order valence-electron chi connectivity index (χ1n) is 13.2. The number of hydrogen-bond donors (Lipinski definition) is 0. The summed E-state index contributed by atoms with van der Waals surface area (Å²) in [5.41, 5.74) is 3.70. The Bertz CT molecular complexity index is 764. The van der Waals surface area contributed by atoms with E-state index in [9.17, 15) is 4.79 Å². The van der Waals surface area contributed by atoms with Gasteiger partial charge in [0.05, 0.1) is 6.61 Å². The molecule has 1 aliphatic heterocycles. The number of benzene rings is 1. The van der Waals surface area contributed by atoms with Crippen LogP contribution in [-0.2, 0) is 24.4 Å². The summed E-state index contributed by atoms with van der Waals surface area (Å²) < 4.78 is 17.1. The van der Waals surface area contributed by atoms with E-state index in [2.05, 4.69) is 31.2 Å². The molecule has 4 aliphatic rings. The van der Waals surface area contributed by atoms with E-state index in [1.165, 1.54) is 69.8 Å². The topological polar surface area (TPSA) is 44.8 Å². The smallest absolute Gasteiger partial charge is 0.308 e. The van der Waals surface area contributed by atoms with E-state index >= 15 is 0 Å². The maximum Gasteiger partial charge on any atom is 0.308 e. The lowest BCUT2D eigenvalue weighted by molar-refractivity contribution is -0.233. The molecule has 1 aromatic rings. The number of rotatable bonds is 10. The van der Waals surface area contributed by atoms with Crippen LogP contribution in [0.25, 0.3) is 0 Å². The maximum absolute atomic E-state index is 11.9. The van der Waals surface area contributed by atoms with Crippen LogP contribution < -0.4 is 0 Å². The first-order chi connectivity index (χ1) is 16.1. The van der Waals surface area contributed by atoms with Gasteiger partial charge in [-0.25, -0.2) is 0 Å². The zero-order chi connectivity index (χ0) is 23.2. The summed E-state index contributed by atoms with van der Waals surface area (Å²) in [5.74, 6) is -0.238. The normalized spacial score (nSPS) is 31.7. The van der Waals surface area contributed by atoms with Gasteiger partial charge < -0.3 is 14.2 Å². The highest BCUT2D eigenvalue weighted by Gasteiger charge is 2.48. The van der Waals surface area contributed by atoms with Gasteiger partial charge in [0.1, 0.15) is 12.7 Å². The van der Waals surface area contributed by atoms with Crippen molar-refractivity contribution in [2.24, 2.45) is 5.41 Å². The largest absolute Gasteiger partial charge is 0.433 e. The minimum atomic E-state index is -0.598. The molecule has 1 heterocycles. The van der Waals surface area contributed by atoms with Crippen LogP contribution >= 0.6 is 0 Å². The fraction of sp³-hybridized carbons (Fsp3) is 0.690. The lowest BCUT2D eigenvalue weighted by atomic mass is 9.51. The van der Waals surface area contributed by atoms with Gasteiger partial charge in [-0.3, -0.25) is 4.79 Å². The average molecular weight is 455 g/mol. The lowest BCUT2D eigenvalue weighted by Gasteiger charge is -2.54. The molecule has 33 heavy (non-hydrogen) atoms. The number of allylic oxidation sites excluding steroid dienone is 2. The number of esters is 1. The molecule has 4 nitrogen and oxygen atoms in total. The zero-order valence-corrected chi connectivity index (χ0v) is 20.7. The van der Waals surface area contributed by atoms with Gasteiger partial charge in [-0.15, -0.1) is 0 Å². The van der Waals surface area contributed by atoms with E-state index in [1.807, 2.05) is 19.1 Å². The standard InChI is InChI=1S/C29H42O4/c1-3-5-7-9-26(30)33-27-22-31-25(21-32-27)23-10-12-24(13-11-23)29-18-15-28(16-19-29,17-20-29)14-8-6-4-2/h3,5,10-13,25,27H,4,6-9,14-22H2,1-2H3/b5-3+/t25-,27-,28?,29?/m1/s1. The highest BCUT2D eigenvalue weighted by molar-refractivity contribution is 5.69. The highest BCUT2D eigenvalue weighted by Crippen LogP contribution is 2.59. The summed E-state index contributed by atoms with van der Waals surface area (Å²) in [6.07, 6.45) is 18.1. The van der Waals surface area contributed by atoms with Gasteiger partial charge in [-0.05, 0) is 80.2 Å². The van der Waals surface area contributed by atoms with Crippen molar-refractivity contribution in [1.29, 1.82) is 0 Å². The van der Waals surface area contributed by atoms with Gasteiger partial charge in [-0.1, -0.05) is 62.6 Å². The first kappa shape index (κ1) is 24.5. The maximum atomic E-state index is 11.9. The molecule has 0 amide bonds. The third-order valence-electron chi connectivity index (χ3n) is 8.49. The number of ether oxygens (including phenoxy) is 3. The molecular weight excluding hydrogens is 412 g/mol. The van der Waals surface area contributed by atoms with Crippen LogP contribution in [0.2, 0.25) is 0 Å². The van der Waals surface area contributed by atoms with Crippen LogP contribution in [0.15, 0.2) is 36.4 Å². The van der Waals surface area contributed by atoms with Crippen LogP contribution in [0.4, 0.5) is 0 Å². The van der Waals surface area contributed by atoms with Crippen LogP contribution in [0.1, 0.15) is 108 Å². The van der Waals surface area contributed by atoms with Crippen LogP contribution in [-0.4, -0.2) is 25.5 Å². The Hall–Kier alpha value is -1.65. The molecule has 1 saturated heterocycles. The number of carbonyl (C=O) groups excluding carboxylic acids is 1. The fourth-order valence-electron chi connectivity index (χ4n) is 6.19. The minimum absolute atomic E-state index is 0.0987. The summed E-state index contributed by atoms with van der Waals surface area (Å²) >= 11 is 0. The Kier molecular flexibility index (Phi) is 8.29. The van der Waals surface area contributed by atoms with E-state index in [-0.39, 0.29) is 18.7 Å². The molecule has 0 spiro atoms. The van der Waals surface area contributed by atoms with Crippen molar-refractivity contribution in [3.63, 3.8) is 0 Å². The zero-order valence-electron chi connectivity index (χ0n) is 20.7. The van der Waals surface area contributed by atoms with Gasteiger partial charge in [0, 0.05) is 6.42 Å². The van der Waals surface area contributed by atoms with E-state index < -0.39 is 6.29 Å². The molecule has 3 saturated carbocycles. The summed E-state index contributed by atoms with van der Waals surface area (Å²) in [6.45, 7) is 4.95. The Balaban J connectivity index is 1.26. The molecule has 0 radical (unpaired) electrons. The van der Waals surface area contributed by atoms with Crippen molar-refractivity contribution in [3.8, 4) is 0 Å². The molecule has 0 unspecified atom stereocenters. The second-order valence-electron chi connectivity index (χ2n) is 10.5. The molecule has 0 N–H and O–H groups in total. The number of carbonyl (C=O) groups is 1. The summed E-state index contributed by atoms with van der Waals surface area (Å²) in [4.78, 5) is 11.9. The molecule has 1 aromatic carbocycles. The Morgan fingerprint density at radius 2 is 1.76 bits per heavy atom. The van der Waals surface area contributed by atoms with Gasteiger partial charge in [0.2, 0.25) is 6.29 Å². The molecule has 182 valence electrons. The van der Waals surface area contributed by atoms with Crippen molar-refractivity contribution < 1.29 is 19.0 Å². The highest BCUT2D eigenvalue weighted by atomic mass is 16.7. The lowest BCUT2D eigenvalue weighted by Crippen LogP contribution is -2.44. The van der Waals surface area contributed by atoms with Crippen molar-refractivity contribution >= 4 is 5.97 Å². The third-order valence-corrected chi connectivity index (χ3v) is 8.49. The third kappa shape index (κ3) is 5.89. The molecule has 5 rings (SSSR count). The van der Waals surface area contributed by atoms with Crippen LogP contribution in [0.3, 0.4) is 0 Å². The quantitative estimate of drug-likeness (QED) is 0.213. The van der Waals surface area contributed by atoms with Gasteiger partial charge in [-0.2, -0.15) is 0 Å². The predicted octanol–water partition coefficient (Wildman–Crippen LogP) is 7.17. The number of hydrogen-bond acceptors (Lipinski definition) is 4. The summed E-state index contributed by atoms with van der Waals surface area (Å²) in [6, 6.07) is 9.11. The Morgan fingerprint density at radius 3 is 2.36 bits per heavy atom. The molecule has 4 heteroatoms. The van der Waals surface area contributed by atoms with Gasteiger partial charge in [0.15, 0.2) is 0 Å². The molecular formula is C29H42O4. The molecule has 2 atom stereocenters. The van der Waals surface area contributed by atoms with Crippen LogP contribution in [0.5, 0.6) is 0 Å². The van der Waals surface area contributed by atoms with Crippen molar-refractivity contribution in [2.75, 3.05) is 13.2 Å². The average Bonchev–Trinajstić information content (AvgIpc) is 2.86. The summed E-state index contributed by atoms with van der Waals surface area (Å²) in [5, 5.41) is 0. The fourth-order valence-corrected chi connectivity index (χ4v) is 6.19. The Labute approximate surface area is 200 Å². The number of unbranched alkanes of at least 4 members (excludes halogenated alkanes) is 2. The van der Waals surface area contributed by atoms with Crippen molar-refractivity contribution in [3.05, 3.63) is 47.5 Å². The van der Waals surface area contributed by atoms with E-state index in [0.717, 1.165) is 5.56 Å². The first-order valence-corrected chi connectivity index (χ1v) is 13.2.